The average molecular weight is 410 g/mol. The number of aromatic nitrogens is 1. The number of nitrogens with zero attached hydrogens (tertiary/aromatic N) is 2. The van der Waals surface area contributed by atoms with Crippen molar-refractivity contribution in [2.45, 2.75) is 33.1 Å². The van der Waals surface area contributed by atoms with Crippen molar-refractivity contribution in [3.63, 3.8) is 0 Å². The molecule has 1 N–H and O–H groups in total. The molecule has 6 heteroatoms. The van der Waals surface area contributed by atoms with Gasteiger partial charge in [0.25, 0.3) is 5.91 Å². The van der Waals surface area contributed by atoms with E-state index >= 15 is 0 Å². The summed E-state index contributed by atoms with van der Waals surface area (Å²) in [6.07, 6.45) is 3.06. The summed E-state index contributed by atoms with van der Waals surface area (Å²) >= 11 is 1.39. The molecule has 29 heavy (non-hydrogen) atoms. The molecule has 0 unspecified atom stereocenters. The van der Waals surface area contributed by atoms with Crippen molar-refractivity contribution in [1.82, 2.24) is 4.98 Å². The highest BCUT2D eigenvalue weighted by atomic mass is 32.1. The lowest BCUT2D eigenvalue weighted by Gasteiger charge is -2.19. The summed E-state index contributed by atoms with van der Waals surface area (Å²) in [6.45, 7) is 6.07. The van der Waals surface area contributed by atoms with Gasteiger partial charge in [0.05, 0.1) is 10.7 Å². The first-order chi connectivity index (χ1) is 14.0. The van der Waals surface area contributed by atoms with Gasteiger partial charge in [0.2, 0.25) is 0 Å². The van der Waals surface area contributed by atoms with Crippen LogP contribution in [0.5, 0.6) is 0 Å². The van der Waals surface area contributed by atoms with Crippen molar-refractivity contribution in [2.75, 3.05) is 23.3 Å². The van der Waals surface area contributed by atoms with Gasteiger partial charge in [-0.1, -0.05) is 12.1 Å². The fourth-order valence-electron chi connectivity index (χ4n) is 3.65. The highest BCUT2D eigenvalue weighted by molar-refractivity contribution is 7.14. The summed E-state index contributed by atoms with van der Waals surface area (Å²) in [7, 11) is 0. The number of anilines is 2. The smallest absolute Gasteiger partial charge is 0.267 e. The molecule has 0 saturated carbocycles. The van der Waals surface area contributed by atoms with E-state index < -0.39 is 0 Å². The molecule has 1 fully saturated rings. The maximum absolute atomic E-state index is 13.1. The van der Waals surface area contributed by atoms with Crippen molar-refractivity contribution in [2.24, 2.45) is 0 Å². The second-order valence-electron chi connectivity index (χ2n) is 7.47. The van der Waals surface area contributed by atoms with Crippen LogP contribution in [0.4, 0.5) is 15.8 Å². The van der Waals surface area contributed by atoms with Crippen molar-refractivity contribution in [1.29, 1.82) is 0 Å². The summed E-state index contributed by atoms with van der Waals surface area (Å²) in [5.74, 6) is -0.391. The van der Waals surface area contributed by atoms with E-state index in [-0.39, 0.29) is 11.7 Å². The van der Waals surface area contributed by atoms with Crippen LogP contribution in [-0.4, -0.2) is 24.0 Å². The van der Waals surface area contributed by atoms with E-state index in [2.05, 4.69) is 27.3 Å². The summed E-state index contributed by atoms with van der Waals surface area (Å²) in [5.41, 5.74) is 4.78. The van der Waals surface area contributed by atoms with E-state index in [1.807, 2.05) is 19.9 Å². The zero-order valence-electron chi connectivity index (χ0n) is 16.7. The zero-order valence-corrected chi connectivity index (χ0v) is 17.5. The van der Waals surface area contributed by atoms with Gasteiger partial charge in [-0.05, 0) is 68.1 Å². The summed E-state index contributed by atoms with van der Waals surface area (Å²) in [5, 5.41) is 3.88. The van der Waals surface area contributed by atoms with Gasteiger partial charge in [0.15, 0.2) is 0 Å². The molecule has 1 amide bonds. The van der Waals surface area contributed by atoms with Gasteiger partial charge in [-0.3, -0.25) is 4.79 Å². The monoisotopic (exact) mass is 409 g/mol. The minimum Gasteiger partial charge on any atom is -0.372 e. The number of nitrogens with one attached hydrogen (secondary N) is 1. The van der Waals surface area contributed by atoms with E-state index in [4.69, 9.17) is 0 Å². The number of benzene rings is 2. The molecule has 3 aromatic rings. The predicted octanol–water partition coefficient (Wildman–Crippen LogP) is 5.34. The molecule has 1 aliphatic heterocycles. The van der Waals surface area contributed by atoms with E-state index in [1.165, 1.54) is 42.0 Å². The maximum atomic E-state index is 13.1. The second kappa shape index (κ2) is 8.33. The molecule has 1 aliphatic rings. The molecular formula is C23H24FN3OS. The lowest BCUT2D eigenvalue weighted by Crippen LogP contribution is -2.18. The molecule has 4 nitrogen and oxygen atoms in total. The number of carbonyl (C=O) groups excluding carboxylic acids is 1. The first-order valence-electron chi connectivity index (χ1n) is 9.87. The van der Waals surface area contributed by atoms with Crippen LogP contribution in [0, 0.1) is 19.7 Å². The fraction of sp³-hybridized carbons (Fsp3) is 0.304. The molecule has 0 radical (unpaired) electrons. The number of rotatable bonds is 5. The molecule has 0 aliphatic carbocycles. The van der Waals surface area contributed by atoms with Crippen LogP contribution >= 0.6 is 11.3 Å². The van der Waals surface area contributed by atoms with E-state index in [9.17, 15) is 9.18 Å². The van der Waals surface area contributed by atoms with Gasteiger partial charge >= 0.3 is 0 Å². The Kier molecular flexibility index (Phi) is 5.62. The number of thiazole rings is 1. The third kappa shape index (κ3) is 4.48. The topological polar surface area (TPSA) is 45.2 Å². The SMILES string of the molecule is Cc1cc(N2CCCC2)ccc1NC(=O)c1sc(Cc2ccc(F)cc2)nc1C. The van der Waals surface area contributed by atoms with Gasteiger partial charge < -0.3 is 10.2 Å². The number of carbonyl (C=O) groups is 1. The molecule has 150 valence electrons. The lowest BCUT2D eigenvalue weighted by molar-refractivity contribution is 0.102. The Bertz CT molecular complexity index is 1020. The van der Waals surface area contributed by atoms with E-state index in [1.54, 1.807) is 12.1 Å². The van der Waals surface area contributed by atoms with Crippen LogP contribution in [0.3, 0.4) is 0 Å². The Labute approximate surface area is 174 Å². The molecule has 2 aromatic carbocycles. The predicted molar refractivity (Wildman–Crippen MR) is 117 cm³/mol. The second-order valence-corrected chi connectivity index (χ2v) is 8.56. The Morgan fingerprint density at radius 1 is 1.14 bits per heavy atom. The van der Waals surface area contributed by atoms with E-state index in [0.29, 0.717) is 11.3 Å². The Morgan fingerprint density at radius 3 is 2.55 bits per heavy atom. The zero-order chi connectivity index (χ0) is 20.4. The Balaban J connectivity index is 1.47. The Morgan fingerprint density at radius 2 is 1.86 bits per heavy atom. The van der Waals surface area contributed by atoms with Crippen LogP contribution in [-0.2, 0) is 6.42 Å². The van der Waals surface area contributed by atoms with Gasteiger partial charge in [-0.15, -0.1) is 11.3 Å². The molecule has 4 rings (SSSR count). The average Bonchev–Trinajstić information content (AvgIpc) is 3.35. The molecule has 0 atom stereocenters. The number of hydrogen-bond donors (Lipinski definition) is 1. The third-order valence-corrected chi connectivity index (χ3v) is 6.40. The number of halogens is 1. The number of amides is 1. The first-order valence-corrected chi connectivity index (χ1v) is 10.7. The first kappa shape index (κ1) is 19.6. The molecule has 2 heterocycles. The van der Waals surface area contributed by atoms with Crippen LogP contribution in [0.15, 0.2) is 42.5 Å². The van der Waals surface area contributed by atoms with Gasteiger partial charge in [0.1, 0.15) is 10.7 Å². The summed E-state index contributed by atoms with van der Waals surface area (Å²) < 4.78 is 13.1. The Hall–Kier alpha value is -2.73. The molecule has 0 spiro atoms. The van der Waals surface area contributed by atoms with Crippen LogP contribution in [0.25, 0.3) is 0 Å². The van der Waals surface area contributed by atoms with Gasteiger partial charge in [0, 0.05) is 30.9 Å². The van der Waals surface area contributed by atoms with Crippen LogP contribution in [0.1, 0.15) is 44.3 Å². The summed E-state index contributed by atoms with van der Waals surface area (Å²) in [6, 6.07) is 12.6. The molecular weight excluding hydrogens is 385 g/mol. The molecule has 1 saturated heterocycles. The van der Waals surface area contributed by atoms with Crippen molar-refractivity contribution >= 4 is 28.6 Å². The largest absolute Gasteiger partial charge is 0.372 e. The lowest BCUT2D eigenvalue weighted by atomic mass is 10.1. The minimum atomic E-state index is -0.254. The highest BCUT2D eigenvalue weighted by Crippen LogP contribution is 2.27. The number of hydrogen-bond acceptors (Lipinski definition) is 4. The number of aryl methyl sites for hydroxylation is 2. The van der Waals surface area contributed by atoms with Crippen molar-refractivity contribution in [3.8, 4) is 0 Å². The van der Waals surface area contributed by atoms with E-state index in [0.717, 1.165) is 40.6 Å². The quantitative estimate of drug-likeness (QED) is 0.618. The van der Waals surface area contributed by atoms with Gasteiger partial charge in [-0.2, -0.15) is 0 Å². The van der Waals surface area contributed by atoms with Crippen molar-refractivity contribution < 1.29 is 9.18 Å². The maximum Gasteiger partial charge on any atom is 0.267 e. The van der Waals surface area contributed by atoms with Crippen LogP contribution < -0.4 is 10.2 Å². The third-order valence-electron chi connectivity index (χ3n) is 5.25. The molecule has 0 bridgehead atoms. The molecule has 1 aromatic heterocycles. The standard InChI is InChI=1S/C23H24FN3OS/c1-15-13-19(27-11-3-4-12-27)9-10-20(15)26-23(28)22-16(2)25-21(29-22)14-17-5-7-18(24)8-6-17/h5-10,13H,3-4,11-12,14H2,1-2H3,(H,26,28). The van der Waals surface area contributed by atoms with Gasteiger partial charge in [-0.25, -0.2) is 9.37 Å². The van der Waals surface area contributed by atoms with Crippen LogP contribution in [0.2, 0.25) is 0 Å². The van der Waals surface area contributed by atoms with Crippen molar-refractivity contribution in [3.05, 3.63) is 75.0 Å². The summed E-state index contributed by atoms with van der Waals surface area (Å²) in [4.78, 5) is 20.4. The minimum absolute atomic E-state index is 0.137. The highest BCUT2D eigenvalue weighted by Gasteiger charge is 2.18. The normalized spacial score (nSPS) is 13.7. The fourth-order valence-corrected chi connectivity index (χ4v) is 4.65.